The summed E-state index contributed by atoms with van der Waals surface area (Å²) >= 11 is 0. The normalized spacial score (nSPS) is 10.1. The third-order valence-electron chi connectivity index (χ3n) is 4.52. The molecule has 5 nitrogen and oxygen atoms in total. The van der Waals surface area contributed by atoms with Crippen molar-refractivity contribution in [3.63, 3.8) is 0 Å². The fourth-order valence-electron chi connectivity index (χ4n) is 2.97. The molecule has 6 heteroatoms. The van der Waals surface area contributed by atoms with E-state index in [9.17, 15) is 9.59 Å². The lowest BCUT2D eigenvalue weighted by atomic mass is 10.1. The van der Waals surface area contributed by atoms with E-state index in [0.29, 0.717) is 39.1 Å². The molecule has 28 heavy (non-hydrogen) atoms. The van der Waals surface area contributed by atoms with Gasteiger partial charge in [-0.1, -0.05) is 60.7 Å². The van der Waals surface area contributed by atoms with Gasteiger partial charge in [-0.15, -0.1) is 12.4 Å². The Hall–Kier alpha value is -2.37. The minimum Gasteiger partial charge on any atom is -0.341 e. The largest absolute Gasteiger partial charge is 0.341 e. The van der Waals surface area contributed by atoms with Crippen LogP contribution in [0.1, 0.15) is 24.5 Å². The van der Waals surface area contributed by atoms with E-state index < -0.39 is 0 Å². The summed E-state index contributed by atoms with van der Waals surface area (Å²) in [5.74, 6) is 0.0111. The minimum absolute atomic E-state index is 0. The SMILES string of the molecule is CC(=O)N(CCC(=O)N(CCN)CCc1ccccc1)Cc1ccccc1.Cl. The molecule has 2 rings (SSSR count). The number of carbonyl (C=O) groups excluding carboxylic acids is 2. The molecule has 0 aromatic heterocycles. The first-order valence-electron chi connectivity index (χ1n) is 9.41. The number of hydrogen-bond donors (Lipinski definition) is 1. The van der Waals surface area contributed by atoms with Gasteiger partial charge in [0.2, 0.25) is 11.8 Å². The quantitative estimate of drug-likeness (QED) is 0.663. The van der Waals surface area contributed by atoms with Crippen molar-refractivity contribution in [2.24, 2.45) is 5.73 Å². The Bertz CT molecular complexity index is 710. The first kappa shape index (κ1) is 23.7. The van der Waals surface area contributed by atoms with Gasteiger partial charge in [0.15, 0.2) is 0 Å². The Balaban J connectivity index is 0.00000392. The molecular formula is C22H30ClN3O2. The Kier molecular flexibility index (Phi) is 10.9. The Morgan fingerprint density at radius 2 is 1.39 bits per heavy atom. The molecular weight excluding hydrogens is 374 g/mol. The number of rotatable bonds is 10. The molecule has 0 aliphatic carbocycles. The maximum Gasteiger partial charge on any atom is 0.224 e. The van der Waals surface area contributed by atoms with E-state index in [1.807, 2.05) is 48.5 Å². The van der Waals surface area contributed by atoms with Crippen LogP contribution in [-0.2, 0) is 22.6 Å². The van der Waals surface area contributed by atoms with Gasteiger partial charge in [-0.05, 0) is 17.5 Å². The van der Waals surface area contributed by atoms with E-state index in [4.69, 9.17) is 5.73 Å². The molecule has 0 saturated heterocycles. The molecule has 0 aliphatic rings. The smallest absolute Gasteiger partial charge is 0.224 e. The van der Waals surface area contributed by atoms with Gasteiger partial charge in [0.1, 0.15) is 0 Å². The summed E-state index contributed by atoms with van der Waals surface area (Å²) < 4.78 is 0. The molecule has 152 valence electrons. The van der Waals surface area contributed by atoms with Crippen LogP contribution in [-0.4, -0.2) is 47.8 Å². The third-order valence-corrected chi connectivity index (χ3v) is 4.52. The average Bonchev–Trinajstić information content (AvgIpc) is 2.69. The van der Waals surface area contributed by atoms with Crippen LogP contribution >= 0.6 is 12.4 Å². The summed E-state index contributed by atoms with van der Waals surface area (Å²) in [5.41, 5.74) is 7.94. The summed E-state index contributed by atoms with van der Waals surface area (Å²) in [6, 6.07) is 19.9. The monoisotopic (exact) mass is 403 g/mol. The summed E-state index contributed by atoms with van der Waals surface area (Å²) in [4.78, 5) is 28.1. The van der Waals surface area contributed by atoms with Crippen molar-refractivity contribution in [1.82, 2.24) is 9.80 Å². The highest BCUT2D eigenvalue weighted by molar-refractivity contribution is 5.85. The molecule has 2 aromatic carbocycles. The number of benzene rings is 2. The van der Waals surface area contributed by atoms with Crippen LogP contribution in [0.3, 0.4) is 0 Å². The molecule has 0 spiro atoms. The third kappa shape index (κ3) is 8.11. The first-order valence-corrected chi connectivity index (χ1v) is 9.41. The van der Waals surface area contributed by atoms with Crippen LogP contribution < -0.4 is 5.73 Å². The fraction of sp³-hybridized carbons (Fsp3) is 0.364. The first-order chi connectivity index (χ1) is 13.1. The highest BCUT2D eigenvalue weighted by atomic mass is 35.5. The van der Waals surface area contributed by atoms with Crippen molar-refractivity contribution in [1.29, 1.82) is 0 Å². The molecule has 0 unspecified atom stereocenters. The lowest BCUT2D eigenvalue weighted by Crippen LogP contribution is -2.39. The molecule has 0 heterocycles. The van der Waals surface area contributed by atoms with Crippen molar-refractivity contribution in [3.05, 3.63) is 71.8 Å². The second-order valence-electron chi connectivity index (χ2n) is 6.58. The van der Waals surface area contributed by atoms with Crippen molar-refractivity contribution in [3.8, 4) is 0 Å². The van der Waals surface area contributed by atoms with Crippen molar-refractivity contribution >= 4 is 24.2 Å². The molecule has 2 aromatic rings. The van der Waals surface area contributed by atoms with E-state index in [1.165, 1.54) is 5.56 Å². The van der Waals surface area contributed by atoms with E-state index >= 15 is 0 Å². The van der Waals surface area contributed by atoms with Crippen molar-refractivity contribution in [2.75, 3.05) is 26.2 Å². The zero-order valence-corrected chi connectivity index (χ0v) is 17.2. The van der Waals surface area contributed by atoms with E-state index in [-0.39, 0.29) is 24.2 Å². The van der Waals surface area contributed by atoms with E-state index in [0.717, 1.165) is 12.0 Å². The van der Waals surface area contributed by atoms with Crippen LogP contribution in [0.4, 0.5) is 0 Å². The van der Waals surface area contributed by atoms with Crippen molar-refractivity contribution in [2.45, 2.75) is 26.3 Å². The zero-order chi connectivity index (χ0) is 19.5. The lowest BCUT2D eigenvalue weighted by molar-refractivity contribution is -0.133. The molecule has 0 atom stereocenters. The summed E-state index contributed by atoms with van der Waals surface area (Å²) in [7, 11) is 0. The number of amides is 2. The van der Waals surface area contributed by atoms with Gasteiger partial charge >= 0.3 is 0 Å². The molecule has 0 radical (unpaired) electrons. The fourth-order valence-corrected chi connectivity index (χ4v) is 2.97. The maximum absolute atomic E-state index is 12.7. The molecule has 2 N–H and O–H groups in total. The second kappa shape index (κ2) is 12.9. The van der Waals surface area contributed by atoms with Crippen LogP contribution in [0.2, 0.25) is 0 Å². The van der Waals surface area contributed by atoms with Gasteiger partial charge < -0.3 is 15.5 Å². The molecule has 0 fully saturated rings. The second-order valence-corrected chi connectivity index (χ2v) is 6.58. The highest BCUT2D eigenvalue weighted by Crippen LogP contribution is 2.08. The van der Waals surface area contributed by atoms with Crippen LogP contribution in [0.25, 0.3) is 0 Å². The van der Waals surface area contributed by atoms with E-state index in [2.05, 4.69) is 12.1 Å². The van der Waals surface area contributed by atoms with Crippen molar-refractivity contribution < 1.29 is 9.59 Å². The summed E-state index contributed by atoms with van der Waals surface area (Å²) in [5, 5.41) is 0. The lowest BCUT2D eigenvalue weighted by Gasteiger charge is -2.25. The average molecular weight is 404 g/mol. The Labute approximate surface area is 173 Å². The Morgan fingerprint density at radius 3 is 1.93 bits per heavy atom. The molecule has 0 aliphatic heterocycles. The summed E-state index contributed by atoms with van der Waals surface area (Å²) in [6.07, 6.45) is 1.11. The molecule has 0 saturated carbocycles. The molecule has 0 bridgehead atoms. The standard InChI is InChI=1S/C22H29N3O2.ClH/c1-19(26)25(18-21-10-6-3-7-11-21)16-13-22(27)24(17-14-23)15-12-20-8-4-2-5-9-20;/h2-11H,12-18,23H2,1H3;1H. The highest BCUT2D eigenvalue weighted by Gasteiger charge is 2.16. The predicted octanol–water partition coefficient (Wildman–Crippen LogP) is 2.88. The summed E-state index contributed by atoms with van der Waals surface area (Å²) in [6.45, 7) is 4.07. The Morgan fingerprint density at radius 1 is 0.821 bits per heavy atom. The molecule has 2 amide bonds. The topological polar surface area (TPSA) is 66.6 Å². The van der Waals surface area contributed by atoms with Gasteiger partial charge in [-0.3, -0.25) is 9.59 Å². The van der Waals surface area contributed by atoms with Gasteiger partial charge in [0, 0.05) is 46.1 Å². The predicted molar refractivity (Wildman–Crippen MR) is 115 cm³/mol. The van der Waals surface area contributed by atoms with Gasteiger partial charge in [0.25, 0.3) is 0 Å². The minimum atomic E-state index is -0.0266. The van der Waals surface area contributed by atoms with E-state index in [1.54, 1.807) is 16.7 Å². The van der Waals surface area contributed by atoms with Crippen LogP contribution in [0.5, 0.6) is 0 Å². The number of hydrogen-bond acceptors (Lipinski definition) is 3. The number of nitrogens with two attached hydrogens (primary N) is 1. The number of nitrogens with zero attached hydrogens (tertiary/aromatic N) is 2. The van der Waals surface area contributed by atoms with Gasteiger partial charge in [0.05, 0.1) is 0 Å². The van der Waals surface area contributed by atoms with Crippen LogP contribution in [0.15, 0.2) is 60.7 Å². The number of halogens is 1. The maximum atomic E-state index is 12.7. The van der Waals surface area contributed by atoms with Gasteiger partial charge in [-0.2, -0.15) is 0 Å². The van der Waals surface area contributed by atoms with Gasteiger partial charge in [-0.25, -0.2) is 0 Å². The van der Waals surface area contributed by atoms with Crippen LogP contribution in [0, 0.1) is 0 Å². The number of carbonyl (C=O) groups is 2. The zero-order valence-electron chi connectivity index (χ0n) is 16.4.